The smallest absolute Gasteiger partial charge is 0.341 e. The molecule has 16 heavy (non-hydrogen) atoms. The van der Waals surface area contributed by atoms with Crippen molar-refractivity contribution >= 4 is 45.1 Å². The first-order valence-corrected chi connectivity index (χ1v) is 5.10. The van der Waals surface area contributed by atoms with E-state index < -0.39 is 11.4 Å². The Morgan fingerprint density at radius 1 is 1.50 bits per heavy atom. The zero-order chi connectivity index (χ0) is 11.9. The summed E-state index contributed by atoms with van der Waals surface area (Å²) in [5, 5.41) is 9.30. The molecule has 0 aliphatic heterocycles. The van der Waals surface area contributed by atoms with Gasteiger partial charge in [-0.2, -0.15) is 0 Å². The summed E-state index contributed by atoms with van der Waals surface area (Å²) >= 11 is 7.95. The van der Waals surface area contributed by atoms with Crippen LogP contribution in [0.1, 0.15) is 10.4 Å². The Labute approximate surface area is 103 Å². The summed E-state index contributed by atoms with van der Waals surface area (Å²) in [5.74, 6) is -1.27. The molecular weight excluding hydrogens is 247 g/mol. The van der Waals surface area contributed by atoms with Gasteiger partial charge in [0.25, 0.3) is 0 Å². The molecule has 0 unspecified atom stereocenters. The van der Waals surface area contributed by atoms with Gasteiger partial charge in [-0.1, -0.05) is 11.6 Å². The lowest BCUT2D eigenvalue weighted by Gasteiger charge is -2.07. The van der Waals surface area contributed by atoms with Gasteiger partial charge in [0.1, 0.15) is 16.4 Å². The predicted octanol–water partition coefficient (Wildman–Crippen LogP) is 0.680. The Balaban J connectivity index is 2.96. The Morgan fingerprint density at radius 2 is 2.19 bits per heavy atom. The second kappa shape index (κ2) is 3.91. The number of halogens is 1. The number of rotatable bonds is 1. The van der Waals surface area contributed by atoms with Crippen LogP contribution in [0.15, 0.2) is 23.1 Å². The molecule has 0 saturated heterocycles. The standard InChI is InChI=1S/C9H5ClN2O3.Al/c10-6-2-1-4-7(13)5(9(14)15)3-11-8(4)12-6;/h1-3H,(H2,11,12,13,14,15);/q;+1/p-1. The first-order valence-electron chi connectivity index (χ1n) is 4.21. The quantitative estimate of drug-likeness (QED) is 0.597. The summed E-state index contributed by atoms with van der Waals surface area (Å²) in [4.78, 5) is 26.5. The number of carbonyl (C=O) groups is 1. The summed E-state index contributed by atoms with van der Waals surface area (Å²) in [5.41, 5.74) is -0.538. The molecule has 0 amide bonds. The van der Waals surface area contributed by atoms with Gasteiger partial charge in [-0.25, -0.2) is 9.78 Å². The lowest BCUT2D eigenvalue weighted by molar-refractivity contribution is 0.0695. The van der Waals surface area contributed by atoms with Gasteiger partial charge in [-0.3, -0.25) is 4.79 Å². The highest BCUT2D eigenvalue weighted by atomic mass is 35.5. The van der Waals surface area contributed by atoms with Crippen molar-refractivity contribution in [2.75, 3.05) is 0 Å². The fourth-order valence-corrected chi connectivity index (χ4v) is 1.84. The Morgan fingerprint density at radius 3 is 2.81 bits per heavy atom. The van der Waals surface area contributed by atoms with E-state index in [0.29, 0.717) is 5.65 Å². The summed E-state index contributed by atoms with van der Waals surface area (Å²) in [6.45, 7) is 0. The van der Waals surface area contributed by atoms with Gasteiger partial charge in [0.15, 0.2) is 0 Å². The highest BCUT2D eigenvalue weighted by Gasteiger charge is 2.13. The summed E-state index contributed by atoms with van der Waals surface area (Å²) in [6.07, 6.45) is 1.20. The summed E-state index contributed by atoms with van der Waals surface area (Å²) in [6, 6.07) is 2.90. The van der Waals surface area contributed by atoms with E-state index in [0.717, 1.165) is 0 Å². The first-order chi connectivity index (χ1) is 7.50. The maximum absolute atomic E-state index is 11.7. The monoisotopic (exact) mass is 250 g/mol. The zero-order valence-corrected chi connectivity index (χ0v) is 9.76. The van der Waals surface area contributed by atoms with Gasteiger partial charge < -0.3 is 8.66 Å². The van der Waals surface area contributed by atoms with Crippen LogP contribution < -0.4 is 5.43 Å². The van der Waals surface area contributed by atoms with E-state index in [4.69, 9.17) is 16.7 Å². The molecule has 0 atom stereocenters. The van der Waals surface area contributed by atoms with Crippen LogP contribution in [0.5, 0.6) is 0 Å². The average molecular weight is 251 g/mol. The number of carboxylic acids is 1. The number of aromatic nitrogens is 2. The summed E-state index contributed by atoms with van der Waals surface area (Å²) < 4.78 is 1.38. The molecule has 5 nitrogen and oxygen atoms in total. The molecule has 7 heteroatoms. The van der Waals surface area contributed by atoms with E-state index in [1.807, 2.05) is 0 Å². The van der Waals surface area contributed by atoms with E-state index in [9.17, 15) is 9.59 Å². The molecular formula is C9H4AlClN2O3. The lowest BCUT2D eigenvalue weighted by atomic mass is 10.2. The van der Waals surface area contributed by atoms with Crippen LogP contribution in [0.4, 0.5) is 0 Å². The molecule has 0 aliphatic rings. The van der Waals surface area contributed by atoms with Crippen LogP contribution in [0.3, 0.4) is 0 Å². The van der Waals surface area contributed by atoms with Crippen molar-refractivity contribution in [3.05, 3.63) is 39.3 Å². The maximum Gasteiger partial charge on any atom is 0.341 e. The Hall–Kier alpha value is -1.35. The van der Waals surface area contributed by atoms with Crippen LogP contribution in [-0.2, 0) is 0 Å². The fourth-order valence-electron chi connectivity index (χ4n) is 1.36. The molecule has 0 aromatic carbocycles. The number of pyridine rings is 2. The van der Waals surface area contributed by atoms with E-state index in [1.165, 1.54) is 21.9 Å². The van der Waals surface area contributed by atoms with Gasteiger partial charge >= 0.3 is 22.5 Å². The van der Waals surface area contributed by atoms with Crippen molar-refractivity contribution in [2.45, 2.75) is 0 Å². The van der Waals surface area contributed by atoms with Gasteiger partial charge in [0, 0.05) is 0 Å². The van der Waals surface area contributed by atoms with Crippen molar-refractivity contribution in [1.82, 2.24) is 8.53 Å². The largest absolute Gasteiger partial charge is 0.477 e. The van der Waals surface area contributed by atoms with Gasteiger partial charge in [-0.05, 0) is 18.3 Å². The fraction of sp³-hybridized carbons (Fsp3) is 0. The Bertz CT molecular complexity index is 653. The van der Waals surface area contributed by atoms with Crippen molar-refractivity contribution in [1.29, 1.82) is 0 Å². The molecule has 2 rings (SSSR count). The molecule has 0 fully saturated rings. The lowest BCUT2D eigenvalue weighted by Crippen LogP contribution is -2.18. The minimum Gasteiger partial charge on any atom is -0.477 e. The number of hydrogen-bond acceptors (Lipinski definition) is 3. The number of fused-ring (bicyclic) bond motifs is 1. The van der Waals surface area contributed by atoms with Gasteiger partial charge in [0.05, 0.1) is 5.39 Å². The minimum atomic E-state index is -1.27. The van der Waals surface area contributed by atoms with Crippen molar-refractivity contribution in [2.24, 2.45) is 0 Å². The normalized spacial score (nSPS) is 10.6. The Kier molecular flexibility index (Phi) is 2.72. The third-order valence-electron chi connectivity index (χ3n) is 2.07. The van der Waals surface area contributed by atoms with E-state index in [1.54, 1.807) is 0 Å². The second-order valence-corrected chi connectivity index (χ2v) is 4.03. The number of nitrogens with zero attached hydrogens (tertiary/aromatic N) is 2. The number of carboxylic acid groups (broad SMARTS) is 1. The molecule has 2 aromatic rings. The highest BCUT2D eigenvalue weighted by Crippen LogP contribution is 2.12. The second-order valence-electron chi connectivity index (χ2n) is 3.09. The van der Waals surface area contributed by atoms with Crippen molar-refractivity contribution in [3.63, 3.8) is 0 Å². The molecule has 2 radical (unpaired) electrons. The predicted molar refractivity (Wildman–Crippen MR) is 59.1 cm³/mol. The maximum atomic E-state index is 11.7. The minimum absolute atomic E-state index is 0.222. The average Bonchev–Trinajstić information content (AvgIpc) is 2.22. The molecule has 78 valence electrons. The number of hydrogen-bond donors (Lipinski definition) is 1. The van der Waals surface area contributed by atoms with Crippen LogP contribution >= 0.6 is 11.6 Å². The summed E-state index contributed by atoms with van der Waals surface area (Å²) in [7, 11) is 0. The van der Waals surface area contributed by atoms with Crippen LogP contribution in [0, 0.1) is 0 Å². The van der Waals surface area contributed by atoms with Crippen LogP contribution in [-0.4, -0.2) is 36.1 Å². The zero-order valence-electron chi connectivity index (χ0n) is 7.85. The molecule has 0 spiro atoms. The molecule has 0 bridgehead atoms. The van der Waals surface area contributed by atoms with Gasteiger partial charge in [0.2, 0.25) is 5.43 Å². The first kappa shape index (κ1) is 11.1. The van der Waals surface area contributed by atoms with Crippen molar-refractivity contribution < 1.29 is 9.90 Å². The van der Waals surface area contributed by atoms with Gasteiger partial charge in [-0.15, -0.1) is 0 Å². The highest BCUT2D eigenvalue weighted by molar-refractivity contribution is 6.29. The van der Waals surface area contributed by atoms with Crippen LogP contribution in [0.2, 0.25) is 5.15 Å². The molecule has 2 heterocycles. The van der Waals surface area contributed by atoms with Crippen LogP contribution in [0.25, 0.3) is 11.0 Å². The molecule has 0 aliphatic carbocycles. The molecule has 2 aromatic heterocycles. The molecule has 1 N–H and O–H groups in total. The SMILES string of the molecule is O=C(O)c1c[n]([Al])c2nc(Cl)ccc2c1=O. The van der Waals surface area contributed by atoms with E-state index in [-0.39, 0.29) is 16.1 Å². The number of aromatic carboxylic acids is 1. The van der Waals surface area contributed by atoms with E-state index >= 15 is 0 Å². The third-order valence-corrected chi connectivity index (χ3v) is 2.68. The third kappa shape index (κ3) is 1.71. The van der Waals surface area contributed by atoms with Crippen molar-refractivity contribution in [3.8, 4) is 0 Å². The van der Waals surface area contributed by atoms with E-state index in [2.05, 4.69) is 21.5 Å². The topological polar surface area (TPSA) is 72.2 Å². The molecule has 0 saturated carbocycles.